The van der Waals surface area contributed by atoms with Gasteiger partial charge in [-0.05, 0) is 49.7 Å². The first kappa shape index (κ1) is 19.2. The molecule has 0 heterocycles. The molecule has 26 heavy (non-hydrogen) atoms. The third-order valence-corrected chi connectivity index (χ3v) is 4.12. The van der Waals surface area contributed by atoms with Crippen LogP contribution < -0.4 is 5.32 Å². The summed E-state index contributed by atoms with van der Waals surface area (Å²) in [4.78, 5) is 37.2. The lowest BCUT2D eigenvalue weighted by molar-refractivity contribution is -0.138. The lowest BCUT2D eigenvalue weighted by Gasteiger charge is -2.27. The Morgan fingerprint density at radius 3 is 2.12 bits per heavy atom. The maximum absolute atomic E-state index is 12.6. The van der Waals surface area contributed by atoms with E-state index in [1.54, 1.807) is 36.4 Å². The molecular weight excluding hydrogens is 332 g/mol. The zero-order valence-electron chi connectivity index (χ0n) is 14.8. The highest BCUT2D eigenvalue weighted by Crippen LogP contribution is 2.14. The first-order valence-corrected chi connectivity index (χ1v) is 8.41. The summed E-state index contributed by atoms with van der Waals surface area (Å²) < 4.78 is 0. The predicted molar refractivity (Wildman–Crippen MR) is 99.3 cm³/mol. The maximum atomic E-state index is 12.6. The molecule has 2 rings (SSSR count). The molecule has 0 spiro atoms. The summed E-state index contributed by atoms with van der Waals surface area (Å²) in [6.45, 7) is 3.34. The molecule has 0 radical (unpaired) electrons. The second-order valence-electron chi connectivity index (χ2n) is 5.98. The van der Waals surface area contributed by atoms with Crippen LogP contribution in [0.2, 0.25) is 0 Å². The Labute approximate surface area is 152 Å². The van der Waals surface area contributed by atoms with Gasteiger partial charge in [0.25, 0.3) is 11.8 Å². The van der Waals surface area contributed by atoms with Crippen LogP contribution in [0.3, 0.4) is 0 Å². The molecule has 6 nitrogen and oxygen atoms in total. The number of carbonyl (C=O) groups excluding carboxylic acids is 2. The highest BCUT2D eigenvalue weighted by atomic mass is 16.4. The number of rotatable bonds is 7. The van der Waals surface area contributed by atoms with Gasteiger partial charge >= 0.3 is 5.97 Å². The molecule has 0 saturated carbocycles. The summed E-state index contributed by atoms with van der Waals surface area (Å²) in [5.74, 6) is -1.70. The Morgan fingerprint density at radius 2 is 1.58 bits per heavy atom. The van der Waals surface area contributed by atoms with Gasteiger partial charge in [-0.1, -0.05) is 25.1 Å². The van der Waals surface area contributed by atoms with Crippen molar-refractivity contribution in [2.75, 3.05) is 11.9 Å². The Hall–Kier alpha value is -3.15. The third kappa shape index (κ3) is 4.92. The van der Waals surface area contributed by atoms with Crippen molar-refractivity contribution >= 4 is 23.5 Å². The summed E-state index contributed by atoms with van der Waals surface area (Å²) in [5, 5.41) is 11.8. The number of aliphatic carboxylic acids is 1. The first-order valence-electron chi connectivity index (χ1n) is 8.41. The largest absolute Gasteiger partial charge is 0.480 e. The van der Waals surface area contributed by atoms with Crippen LogP contribution in [0.4, 0.5) is 5.69 Å². The van der Waals surface area contributed by atoms with E-state index in [2.05, 4.69) is 5.32 Å². The first-order chi connectivity index (χ1) is 12.4. The van der Waals surface area contributed by atoms with Crippen LogP contribution in [0.1, 0.15) is 41.0 Å². The van der Waals surface area contributed by atoms with Crippen molar-refractivity contribution in [2.45, 2.75) is 26.3 Å². The van der Waals surface area contributed by atoms with E-state index in [0.717, 1.165) is 0 Å². The molecule has 2 aromatic carbocycles. The molecule has 0 bridgehead atoms. The van der Waals surface area contributed by atoms with E-state index >= 15 is 0 Å². The predicted octanol–water partition coefficient (Wildman–Crippen LogP) is 3.26. The average molecular weight is 354 g/mol. The molecule has 6 heteroatoms. The number of hydrogen-bond donors (Lipinski definition) is 2. The number of carboxylic acids is 1. The molecule has 2 amide bonds. The van der Waals surface area contributed by atoms with E-state index in [0.29, 0.717) is 23.2 Å². The average Bonchev–Trinajstić information content (AvgIpc) is 2.65. The van der Waals surface area contributed by atoms with Gasteiger partial charge in [0, 0.05) is 22.9 Å². The summed E-state index contributed by atoms with van der Waals surface area (Å²) in [7, 11) is 0. The van der Waals surface area contributed by atoms with Gasteiger partial charge in [-0.15, -0.1) is 0 Å². The van der Waals surface area contributed by atoms with Crippen molar-refractivity contribution in [3.63, 3.8) is 0 Å². The van der Waals surface area contributed by atoms with Gasteiger partial charge < -0.3 is 15.3 Å². The van der Waals surface area contributed by atoms with Crippen molar-refractivity contribution < 1.29 is 19.5 Å². The molecule has 2 N–H and O–H groups in total. The molecule has 0 fully saturated rings. The van der Waals surface area contributed by atoms with Gasteiger partial charge in [0.15, 0.2) is 0 Å². The van der Waals surface area contributed by atoms with Gasteiger partial charge in [0.2, 0.25) is 0 Å². The zero-order chi connectivity index (χ0) is 19.1. The number of para-hydroxylation sites is 1. The van der Waals surface area contributed by atoms with Crippen LogP contribution in [0, 0.1) is 0 Å². The number of amides is 2. The number of benzene rings is 2. The maximum Gasteiger partial charge on any atom is 0.323 e. The fraction of sp³-hybridized carbons (Fsp3) is 0.250. The molecule has 2 aromatic rings. The minimum Gasteiger partial charge on any atom is -0.480 e. The van der Waals surface area contributed by atoms with Crippen LogP contribution in [-0.2, 0) is 4.79 Å². The molecule has 0 saturated heterocycles. The lowest BCUT2D eigenvalue weighted by Crippen LogP contribution is -2.41. The third-order valence-electron chi connectivity index (χ3n) is 4.12. The Kier molecular flexibility index (Phi) is 6.49. The monoisotopic (exact) mass is 354 g/mol. The highest BCUT2D eigenvalue weighted by Gasteiger charge is 2.23. The molecule has 0 aromatic heterocycles. The fourth-order valence-corrected chi connectivity index (χ4v) is 2.45. The summed E-state index contributed by atoms with van der Waals surface area (Å²) >= 11 is 0. The fourth-order valence-electron chi connectivity index (χ4n) is 2.45. The molecular formula is C20H22N2O4. The SMILES string of the molecule is CCC(C)N(CC(=O)O)C(=O)c1ccc(C(=O)Nc2ccccc2)cc1. The van der Waals surface area contributed by atoms with Crippen LogP contribution >= 0.6 is 0 Å². The number of anilines is 1. The Morgan fingerprint density at radius 1 is 1.00 bits per heavy atom. The van der Waals surface area contributed by atoms with Gasteiger partial charge in [-0.2, -0.15) is 0 Å². The van der Waals surface area contributed by atoms with Crippen LogP contribution in [0.5, 0.6) is 0 Å². The van der Waals surface area contributed by atoms with Gasteiger partial charge in [0.1, 0.15) is 6.54 Å². The van der Waals surface area contributed by atoms with Crippen LogP contribution in [0.15, 0.2) is 54.6 Å². The molecule has 0 aliphatic rings. The van der Waals surface area contributed by atoms with Crippen LogP contribution in [0.25, 0.3) is 0 Å². The van der Waals surface area contributed by atoms with E-state index in [-0.39, 0.29) is 24.4 Å². The second kappa shape index (κ2) is 8.80. The van der Waals surface area contributed by atoms with E-state index in [9.17, 15) is 14.4 Å². The van der Waals surface area contributed by atoms with E-state index in [1.807, 2.05) is 32.0 Å². The Balaban J connectivity index is 2.13. The van der Waals surface area contributed by atoms with Crippen molar-refractivity contribution in [3.8, 4) is 0 Å². The number of nitrogens with zero attached hydrogens (tertiary/aromatic N) is 1. The summed E-state index contributed by atoms with van der Waals surface area (Å²) in [6, 6.07) is 15.1. The number of carbonyl (C=O) groups is 3. The molecule has 0 aliphatic carbocycles. The lowest BCUT2D eigenvalue weighted by atomic mass is 10.1. The standard InChI is InChI=1S/C20H22N2O4/c1-3-14(2)22(13-18(23)24)20(26)16-11-9-15(10-12-16)19(25)21-17-7-5-4-6-8-17/h4-12,14H,3,13H2,1-2H3,(H,21,25)(H,23,24). The summed E-state index contributed by atoms with van der Waals surface area (Å²) in [5.41, 5.74) is 1.45. The second-order valence-corrected chi connectivity index (χ2v) is 5.98. The minimum absolute atomic E-state index is 0.195. The minimum atomic E-state index is -1.06. The number of nitrogens with one attached hydrogen (secondary N) is 1. The Bertz CT molecular complexity index is 772. The smallest absolute Gasteiger partial charge is 0.323 e. The zero-order valence-corrected chi connectivity index (χ0v) is 14.8. The number of hydrogen-bond acceptors (Lipinski definition) is 3. The van der Waals surface area contributed by atoms with Crippen molar-refractivity contribution in [2.24, 2.45) is 0 Å². The van der Waals surface area contributed by atoms with E-state index < -0.39 is 5.97 Å². The van der Waals surface area contributed by atoms with E-state index in [1.165, 1.54) is 4.90 Å². The molecule has 0 aliphatic heterocycles. The normalized spacial score (nSPS) is 11.5. The topological polar surface area (TPSA) is 86.7 Å². The number of carboxylic acid groups (broad SMARTS) is 1. The highest BCUT2D eigenvalue weighted by molar-refractivity contribution is 6.05. The van der Waals surface area contributed by atoms with Gasteiger partial charge in [-0.25, -0.2) is 0 Å². The van der Waals surface area contributed by atoms with Gasteiger partial charge in [0.05, 0.1) is 0 Å². The molecule has 136 valence electrons. The summed E-state index contributed by atoms with van der Waals surface area (Å²) in [6.07, 6.45) is 0.649. The molecule has 1 atom stereocenters. The van der Waals surface area contributed by atoms with Gasteiger partial charge in [-0.3, -0.25) is 14.4 Å². The quantitative estimate of drug-likeness (QED) is 0.799. The van der Waals surface area contributed by atoms with Crippen molar-refractivity contribution in [1.29, 1.82) is 0 Å². The van der Waals surface area contributed by atoms with Crippen molar-refractivity contribution in [3.05, 3.63) is 65.7 Å². The van der Waals surface area contributed by atoms with Crippen molar-refractivity contribution in [1.82, 2.24) is 4.90 Å². The van der Waals surface area contributed by atoms with Crippen LogP contribution in [-0.4, -0.2) is 40.4 Å². The van der Waals surface area contributed by atoms with E-state index in [4.69, 9.17) is 5.11 Å². The molecule has 1 unspecified atom stereocenters.